The normalized spacial score (nSPS) is 17.9. The first-order valence-corrected chi connectivity index (χ1v) is 13.7. The lowest BCUT2D eigenvalue weighted by molar-refractivity contribution is -0.129. The standard InChI is InChI=1S/C25H31N5O7S/c1-15(2)9-19(28-25(34)22-11-16-10-17(31)6-7-21(16)37-22)24(33)27-18-5-4-8-30(12-20(18)32)38(35,36)23-13-29(3)14-26-23/h6-7,10-11,13-15,18-19,31H,4-5,8-9,12H2,1-3H3,(H,27,33)(H,28,34)/t18-,19?/m0/s1. The molecule has 1 fully saturated rings. The van der Waals surface area contributed by atoms with Crippen molar-refractivity contribution in [1.82, 2.24) is 24.5 Å². The highest BCUT2D eigenvalue weighted by atomic mass is 32.2. The Labute approximate surface area is 220 Å². The molecular formula is C25H31N5O7S. The largest absolute Gasteiger partial charge is 0.508 e. The fourth-order valence-electron chi connectivity index (χ4n) is 4.36. The van der Waals surface area contributed by atoms with E-state index < -0.39 is 46.2 Å². The van der Waals surface area contributed by atoms with Crippen molar-refractivity contribution in [3.05, 3.63) is 42.5 Å². The number of fused-ring (bicyclic) bond motifs is 1. The molecule has 12 nitrogen and oxygen atoms in total. The lowest BCUT2D eigenvalue weighted by atomic mass is 10.0. The van der Waals surface area contributed by atoms with Crippen molar-refractivity contribution in [2.75, 3.05) is 13.1 Å². The molecule has 4 rings (SSSR count). The zero-order valence-electron chi connectivity index (χ0n) is 21.4. The summed E-state index contributed by atoms with van der Waals surface area (Å²) in [5.41, 5.74) is 0.409. The summed E-state index contributed by atoms with van der Waals surface area (Å²) in [7, 11) is -2.31. The Balaban J connectivity index is 1.44. The monoisotopic (exact) mass is 545 g/mol. The van der Waals surface area contributed by atoms with Crippen LogP contribution in [0.4, 0.5) is 0 Å². The average Bonchev–Trinajstić information content (AvgIpc) is 3.43. The van der Waals surface area contributed by atoms with Crippen molar-refractivity contribution in [2.45, 2.75) is 50.2 Å². The van der Waals surface area contributed by atoms with Crippen LogP contribution in [0.3, 0.4) is 0 Å². The minimum absolute atomic E-state index is 0.0203. The maximum Gasteiger partial charge on any atom is 0.287 e. The van der Waals surface area contributed by atoms with E-state index in [4.69, 9.17) is 4.42 Å². The lowest BCUT2D eigenvalue weighted by Crippen LogP contribution is -2.52. The summed E-state index contributed by atoms with van der Waals surface area (Å²) in [6.45, 7) is 3.52. The van der Waals surface area contributed by atoms with Crippen LogP contribution < -0.4 is 10.6 Å². The Hall–Kier alpha value is -3.71. The molecule has 2 amide bonds. The quantitative estimate of drug-likeness (QED) is 0.384. The van der Waals surface area contributed by atoms with Gasteiger partial charge in [0.05, 0.1) is 18.9 Å². The third-order valence-corrected chi connectivity index (χ3v) is 8.01. The van der Waals surface area contributed by atoms with E-state index >= 15 is 0 Å². The van der Waals surface area contributed by atoms with E-state index in [2.05, 4.69) is 15.6 Å². The molecule has 0 spiro atoms. The molecule has 13 heteroatoms. The molecule has 1 aliphatic heterocycles. The van der Waals surface area contributed by atoms with Gasteiger partial charge in [-0.1, -0.05) is 13.8 Å². The number of aromatic hydroxyl groups is 1. The molecule has 2 atom stereocenters. The highest BCUT2D eigenvalue weighted by molar-refractivity contribution is 7.89. The van der Waals surface area contributed by atoms with Gasteiger partial charge < -0.3 is 24.7 Å². The van der Waals surface area contributed by atoms with Gasteiger partial charge in [-0.2, -0.15) is 4.31 Å². The molecule has 3 aromatic rings. The van der Waals surface area contributed by atoms with E-state index in [9.17, 15) is 27.9 Å². The number of Topliss-reactive ketones (excluding diaryl/α,β-unsaturated/α-hetero) is 1. The topological polar surface area (TPSA) is 164 Å². The summed E-state index contributed by atoms with van der Waals surface area (Å²) in [6, 6.07) is 4.06. The van der Waals surface area contributed by atoms with Crippen LogP contribution in [-0.2, 0) is 26.7 Å². The van der Waals surface area contributed by atoms with Crippen LogP contribution >= 0.6 is 0 Å². The number of rotatable bonds is 8. The number of carbonyl (C=O) groups is 3. The number of nitrogens with one attached hydrogen (secondary N) is 2. The van der Waals surface area contributed by atoms with E-state index in [1.165, 1.54) is 41.4 Å². The average molecular weight is 546 g/mol. The second-order valence-electron chi connectivity index (χ2n) is 9.87. The van der Waals surface area contributed by atoms with Gasteiger partial charge in [0.25, 0.3) is 15.9 Å². The van der Waals surface area contributed by atoms with Crippen LogP contribution in [0.1, 0.15) is 43.7 Å². The van der Waals surface area contributed by atoms with Gasteiger partial charge in [0.2, 0.25) is 5.91 Å². The molecule has 3 heterocycles. The van der Waals surface area contributed by atoms with E-state index in [-0.39, 0.29) is 35.4 Å². The predicted molar refractivity (Wildman–Crippen MR) is 137 cm³/mol. The van der Waals surface area contributed by atoms with Gasteiger partial charge in [0, 0.05) is 25.2 Å². The number of phenolic OH excluding ortho intramolecular Hbond substituents is 1. The number of benzene rings is 1. The number of imidazole rings is 1. The molecule has 0 bridgehead atoms. The first-order chi connectivity index (χ1) is 17.9. The second kappa shape index (κ2) is 11.0. The zero-order valence-corrected chi connectivity index (χ0v) is 22.2. The maximum absolute atomic E-state index is 13.2. The molecule has 3 N–H and O–H groups in total. The summed E-state index contributed by atoms with van der Waals surface area (Å²) < 4.78 is 34.0. The van der Waals surface area contributed by atoms with Crippen molar-refractivity contribution < 1.29 is 32.3 Å². The number of hydrogen-bond acceptors (Lipinski definition) is 8. The Morgan fingerprint density at radius 3 is 2.71 bits per heavy atom. The summed E-state index contributed by atoms with van der Waals surface area (Å²) in [6.07, 6.45) is 3.66. The number of amides is 2. The fraction of sp³-hybridized carbons (Fsp3) is 0.440. The lowest BCUT2D eigenvalue weighted by Gasteiger charge is -2.23. The van der Waals surface area contributed by atoms with Crippen LogP contribution in [0.25, 0.3) is 11.0 Å². The molecule has 1 saturated heterocycles. The number of nitrogens with zero attached hydrogens (tertiary/aromatic N) is 3. The molecule has 38 heavy (non-hydrogen) atoms. The number of ketones is 1. The molecule has 1 unspecified atom stereocenters. The van der Waals surface area contributed by atoms with E-state index in [0.717, 1.165) is 4.31 Å². The minimum atomic E-state index is -3.96. The molecule has 0 aliphatic carbocycles. The van der Waals surface area contributed by atoms with Gasteiger partial charge in [-0.3, -0.25) is 14.4 Å². The minimum Gasteiger partial charge on any atom is -0.508 e. The van der Waals surface area contributed by atoms with E-state index in [1.807, 2.05) is 13.8 Å². The highest BCUT2D eigenvalue weighted by Crippen LogP contribution is 2.24. The number of sulfonamides is 1. The van der Waals surface area contributed by atoms with Gasteiger partial charge >= 0.3 is 0 Å². The van der Waals surface area contributed by atoms with Crippen LogP contribution in [0.5, 0.6) is 5.75 Å². The third-order valence-electron chi connectivity index (χ3n) is 6.28. The summed E-state index contributed by atoms with van der Waals surface area (Å²) in [5, 5.41) is 15.4. The molecule has 1 aromatic carbocycles. The molecule has 204 valence electrons. The van der Waals surface area contributed by atoms with E-state index in [1.54, 1.807) is 7.05 Å². The van der Waals surface area contributed by atoms with Crippen molar-refractivity contribution in [1.29, 1.82) is 0 Å². The predicted octanol–water partition coefficient (Wildman–Crippen LogP) is 1.55. The van der Waals surface area contributed by atoms with Crippen LogP contribution in [0.15, 0.2) is 46.2 Å². The number of hydrogen-bond donors (Lipinski definition) is 3. The van der Waals surface area contributed by atoms with Crippen LogP contribution in [0.2, 0.25) is 0 Å². The number of aryl methyl sites for hydroxylation is 1. The van der Waals surface area contributed by atoms with Gasteiger partial charge in [-0.15, -0.1) is 0 Å². The SMILES string of the molecule is CC(C)CC(NC(=O)c1cc2cc(O)ccc2o1)C(=O)N[C@H]1CCCN(S(=O)(=O)c2cn(C)cn2)CC1=O. The Kier molecular flexibility index (Phi) is 7.88. The van der Waals surface area contributed by atoms with Crippen LogP contribution in [-0.4, -0.2) is 70.2 Å². The number of furan rings is 1. The van der Waals surface area contributed by atoms with E-state index in [0.29, 0.717) is 23.8 Å². The zero-order chi connectivity index (χ0) is 27.6. The smallest absolute Gasteiger partial charge is 0.287 e. The Bertz CT molecular complexity index is 1460. The molecule has 1 aliphatic rings. The molecular weight excluding hydrogens is 514 g/mol. The summed E-state index contributed by atoms with van der Waals surface area (Å²) >= 11 is 0. The van der Waals surface area contributed by atoms with Gasteiger partial charge in [0.15, 0.2) is 16.6 Å². The van der Waals surface area contributed by atoms with Gasteiger partial charge in [-0.25, -0.2) is 13.4 Å². The van der Waals surface area contributed by atoms with Crippen molar-refractivity contribution in [3.8, 4) is 5.75 Å². The molecule has 2 aromatic heterocycles. The molecule has 0 radical (unpaired) electrons. The Morgan fingerprint density at radius 2 is 2.03 bits per heavy atom. The highest BCUT2D eigenvalue weighted by Gasteiger charge is 2.35. The summed E-state index contributed by atoms with van der Waals surface area (Å²) in [5.74, 6) is -1.54. The Morgan fingerprint density at radius 1 is 1.26 bits per heavy atom. The first-order valence-electron chi connectivity index (χ1n) is 12.3. The molecule has 0 saturated carbocycles. The summed E-state index contributed by atoms with van der Waals surface area (Å²) in [4.78, 5) is 43.0. The number of aromatic nitrogens is 2. The van der Waals surface area contributed by atoms with Crippen molar-refractivity contribution in [2.24, 2.45) is 13.0 Å². The van der Waals surface area contributed by atoms with Crippen molar-refractivity contribution >= 4 is 38.6 Å². The maximum atomic E-state index is 13.2. The van der Waals surface area contributed by atoms with Crippen molar-refractivity contribution in [3.63, 3.8) is 0 Å². The van der Waals surface area contributed by atoms with Gasteiger partial charge in [0.1, 0.15) is 17.4 Å². The number of phenols is 1. The number of carbonyl (C=O) groups excluding carboxylic acids is 3. The first kappa shape index (κ1) is 27.3. The second-order valence-corrected chi connectivity index (χ2v) is 11.8. The van der Waals surface area contributed by atoms with Crippen LogP contribution in [0, 0.1) is 5.92 Å². The fourth-order valence-corrected chi connectivity index (χ4v) is 5.77. The third kappa shape index (κ3) is 6.05. The van der Waals surface area contributed by atoms with Gasteiger partial charge in [-0.05, 0) is 49.4 Å².